The first-order valence-corrected chi connectivity index (χ1v) is 13.8. The maximum atomic E-state index is 13.6. The van der Waals surface area contributed by atoms with Gasteiger partial charge in [0.25, 0.3) is 0 Å². The van der Waals surface area contributed by atoms with Crippen LogP contribution >= 0.6 is 23.2 Å². The number of hydrogen-bond donors (Lipinski definition) is 0. The van der Waals surface area contributed by atoms with Crippen LogP contribution in [0.1, 0.15) is 44.1 Å². The molecule has 0 radical (unpaired) electrons. The Morgan fingerprint density at radius 3 is 2.32 bits per heavy atom. The van der Waals surface area contributed by atoms with E-state index in [-0.39, 0.29) is 35.1 Å². The van der Waals surface area contributed by atoms with Crippen LogP contribution in [0.25, 0.3) is 0 Å². The highest BCUT2D eigenvalue weighted by Crippen LogP contribution is 2.47. The van der Waals surface area contributed by atoms with Gasteiger partial charge in [0.1, 0.15) is 5.75 Å². The fraction of sp³-hybridized carbons (Fsp3) is 0.500. The first kappa shape index (κ1) is 26.8. The zero-order valence-corrected chi connectivity index (χ0v) is 23.1. The molecular weight excluding hydrogens is 527 g/mol. The van der Waals surface area contributed by atoms with Crippen LogP contribution in [0.4, 0.5) is 4.79 Å². The first-order chi connectivity index (χ1) is 18.2. The number of piperidine rings is 1. The summed E-state index contributed by atoms with van der Waals surface area (Å²) in [5, 5.41) is 0.876. The molecular formula is C28H32Cl2N4O4. The van der Waals surface area contributed by atoms with Crippen molar-refractivity contribution in [3.05, 3.63) is 58.3 Å². The second-order valence-corrected chi connectivity index (χ2v) is 11.7. The number of aromatic nitrogens is 1. The van der Waals surface area contributed by atoms with Crippen molar-refractivity contribution in [2.24, 2.45) is 11.3 Å². The van der Waals surface area contributed by atoms with Gasteiger partial charge in [-0.3, -0.25) is 14.6 Å². The molecule has 1 saturated carbocycles. The molecule has 8 nitrogen and oxygen atoms in total. The van der Waals surface area contributed by atoms with Crippen LogP contribution in [-0.4, -0.2) is 76.9 Å². The van der Waals surface area contributed by atoms with Gasteiger partial charge in [-0.05, 0) is 55.5 Å². The Labute approximate surface area is 232 Å². The largest absolute Gasteiger partial charge is 0.415 e. The van der Waals surface area contributed by atoms with E-state index in [1.165, 1.54) is 0 Å². The minimum Gasteiger partial charge on any atom is -0.410 e. The molecule has 0 bridgehead atoms. The van der Waals surface area contributed by atoms with Crippen LogP contribution in [0, 0.1) is 11.3 Å². The van der Waals surface area contributed by atoms with Crippen molar-refractivity contribution in [3.63, 3.8) is 0 Å². The normalized spacial score (nSPS) is 22.7. The average molecular weight is 559 g/mol. The van der Waals surface area contributed by atoms with Gasteiger partial charge in [0, 0.05) is 62.9 Å². The topological polar surface area (TPSA) is 83.1 Å². The second-order valence-electron chi connectivity index (χ2n) is 10.9. The summed E-state index contributed by atoms with van der Waals surface area (Å²) in [7, 11) is 1.69. The zero-order valence-electron chi connectivity index (χ0n) is 21.6. The molecule has 3 amide bonds. The highest BCUT2D eigenvalue weighted by molar-refractivity contribution is 6.42. The Bertz CT molecular complexity index is 1210. The zero-order chi connectivity index (χ0) is 27.0. The number of likely N-dealkylation sites (tertiary alicyclic amines) is 2. The van der Waals surface area contributed by atoms with Crippen molar-refractivity contribution in [1.29, 1.82) is 0 Å². The van der Waals surface area contributed by atoms with E-state index in [0.29, 0.717) is 54.8 Å². The predicted octanol–water partition coefficient (Wildman–Crippen LogP) is 4.85. The van der Waals surface area contributed by atoms with Crippen LogP contribution in [0.2, 0.25) is 10.0 Å². The number of ether oxygens (including phenoxy) is 1. The molecule has 0 spiro atoms. The van der Waals surface area contributed by atoms with Crippen LogP contribution in [-0.2, 0) is 9.59 Å². The number of likely N-dealkylation sites (N-methyl/N-ethyl adjacent to an activating group) is 1. The molecule has 2 aromatic rings. The minimum absolute atomic E-state index is 0.0678. The molecule has 10 heteroatoms. The molecule has 3 aliphatic rings. The number of halogens is 2. The van der Waals surface area contributed by atoms with E-state index in [0.717, 1.165) is 18.4 Å². The predicted molar refractivity (Wildman–Crippen MR) is 144 cm³/mol. The fourth-order valence-electron chi connectivity index (χ4n) is 5.51. The summed E-state index contributed by atoms with van der Waals surface area (Å²) < 4.78 is 5.55. The molecule has 0 N–H and O–H groups in total. The molecule has 2 unspecified atom stereocenters. The molecule has 38 heavy (non-hydrogen) atoms. The summed E-state index contributed by atoms with van der Waals surface area (Å²) in [6.45, 7) is 4.07. The maximum Gasteiger partial charge on any atom is 0.415 e. The summed E-state index contributed by atoms with van der Waals surface area (Å²) in [4.78, 5) is 48.7. The molecule has 2 aliphatic heterocycles. The molecule has 5 rings (SSSR count). The summed E-state index contributed by atoms with van der Waals surface area (Å²) in [6, 6.07) is 8.36. The monoisotopic (exact) mass is 558 g/mol. The van der Waals surface area contributed by atoms with Crippen LogP contribution in [0.15, 0.2) is 42.7 Å². The maximum absolute atomic E-state index is 13.6. The number of carbonyl (C=O) groups is 3. The standard InChI is InChI=1S/C28H32Cl2N4O4/c1-28(9-10-28)26(36)33-13-7-18(8-14-33)25(35)34-16-21(19-3-4-22(29)23(30)15-19)24(17-34)32(2)27(37)38-20-5-11-31-12-6-20/h3-6,11-12,15,18,21,24H,7-10,13-14,16-17H2,1-2H3. The van der Waals surface area contributed by atoms with E-state index in [1.54, 1.807) is 48.6 Å². The molecule has 2 saturated heterocycles. The lowest BCUT2D eigenvalue weighted by Gasteiger charge is -2.34. The Balaban J connectivity index is 1.30. The van der Waals surface area contributed by atoms with Gasteiger partial charge < -0.3 is 19.4 Å². The first-order valence-electron chi connectivity index (χ1n) is 13.0. The number of carbonyl (C=O) groups excluding carboxylic acids is 3. The Hall–Kier alpha value is -2.84. The number of rotatable bonds is 5. The summed E-state index contributed by atoms with van der Waals surface area (Å²) in [5.74, 6) is 0.376. The van der Waals surface area contributed by atoms with Gasteiger partial charge in [0.05, 0.1) is 16.1 Å². The van der Waals surface area contributed by atoms with Gasteiger partial charge in [-0.2, -0.15) is 0 Å². The van der Waals surface area contributed by atoms with Crippen LogP contribution < -0.4 is 4.74 Å². The second kappa shape index (κ2) is 10.7. The van der Waals surface area contributed by atoms with E-state index in [2.05, 4.69) is 4.98 Å². The van der Waals surface area contributed by atoms with Crippen molar-refractivity contribution in [2.45, 2.75) is 44.6 Å². The van der Waals surface area contributed by atoms with Crippen molar-refractivity contribution in [3.8, 4) is 5.75 Å². The third-order valence-corrected chi connectivity index (χ3v) is 9.00. The number of nitrogens with zero attached hydrogens (tertiary/aromatic N) is 4. The van der Waals surface area contributed by atoms with Gasteiger partial charge in [0.15, 0.2) is 0 Å². The lowest BCUT2D eigenvalue weighted by molar-refractivity contribution is -0.142. The van der Waals surface area contributed by atoms with Gasteiger partial charge in [-0.1, -0.05) is 36.2 Å². The van der Waals surface area contributed by atoms with Gasteiger partial charge in [0.2, 0.25) is 11.8 Å². The minimum atomic E-state index is -0.513. The summed E-state index contributed by atoms with van der Waals surface area (Å²) in [5.41, 5.74) is 0.711. The van der Waals surface area contributed by atoms with E-state index in [1.807, 2.05) is 22.8 Å². The van der Waals surface area contributed by atoms with Gasteiger partial charge in [-0.15, -0.1) is 0 Å². The quantitative estimate of drug-likeness (QED) is 0.523. The molecule has 1 aromatic carbocycles. The van der Waals surface area contributed by atoms with Crippen LogP contribution in [0.5, 0.6) is 5.75 Å². The third kappa shape index (κ3) is 5.47. The van der Waals surface area contributed by atoms with E-state index < -0.39 is 6.09 Å². The van der Waals surface area contributed by atoms with Crippen molar-refractivity contribution in [1.82, 2.24) is 19.7 Å². The van der Waals surface area contributed by atoms with Crippen LogP contribution in [0.3, 0.4) is 0 Å². The Morgan fingerprint density at radius 1 is 1.00 bits per heavy atom. The molecule has 3 fully saturated rings. The number of hydrogen-bond acceptors (Lipinski definition) is 5. The Morgan fingerprint density at radius 2 is 1.68 bits per heavy atom. The molecule has 2 atom stereocenters. The third-order valence-electron chi connectivity index (χ3n) is 8.26. The number of amides is 3. The number of pyridine rings is 1. The van der Waals surface area contributed by atoms with E-state index in [9.17, 15) is 14.4 Å². The van der Waals surface area contributed by atoms with Crippen molar-refractivity contribution in [2.75, 3.05) is 33.2 Å². The van der Waals surface area contributed by atoms with Gasteiger partial charge >= 0.3 is 6.09 Å². The lowest BCUT2D eigenvalue weighted by atomic mass is 9.93. The SMILES string of the molecule is CN(C(=O)Oc1ccncc1)C1CN(C(=O)C2CCN(C(=O)C3(C)CC3)CC2)CC1c1ccc(Cl)c(Cl)c1. The molecule has 202 valence electrons. The van der Waals surface area contributed by atoms with E-state index >= 15 is 0 Å². The summed E-state index contributed by atoms with van der Waals surface area (Å²) >= 11 is 12.5. The Kier molecular flexibility index (Phi) is 7.56. The molecule has 1 aromatic heterocycles. The molecule has 1 aliphatic carbocycles. The average Bonchev–Trinajstić information content (AvgIpc) is 3.53. The summed E-state index contributed by atoms with van der Waals surface area (Å²) in [6.07, 6.45) is 5.81. The molecule has 3 heterocycles. The fourth-order valence-corrected chi connectivity index (χ4v) is 5.82. The smallest absolute Gasteiger partial charge is 0.410 e. The van der Waals surface area contributed by atoms with Gasteiger partial charge in [-0.25, -0.2) is 4.79 Å². The highest BCUT2D eigenvalue weighted by Gasteiger charge is 2.48. The highest BCUT2D eigenvalue weighted by atomic mass is 35.5. The van der Waals surface area contributed by atoms with E-state index in [4.69, 9.17) is 27.9 Å². The van der Waals surface area contributed by atoms with Crippen molar-refractivity contribution < 1.29 is 19.1 Å². The van der Waals surface area contributed by atoms with Crippen molar-refractivity contribution >= 4 is 41.1 Å². The number of benzene rings is 1. The lowest BCUT2D eigenvalue weighted by Crippen LogP contribution is -2.46.